The number of aromatic nitrogens is 2. The van der Waals surface area contributed by atoms with Gasteiger partial charge in [0.15, 0.2) is 0 Å². The summed E-state index contributed by atoms with van der Waals surface area (Å²) in [5.74, 6) is 0.743. The van der Waals surface area contributed by atoms with E-state index in [1.54, 1.807) is 30.1 Å². The van der Waals surface area contributed by atoms with Gasteiger partial charge in [-0.2, -0.15) is 5.10 Å². The molecule has 0 fully saturated rings. The number of fused-ring (bicyclic) bond motifs is 1. The normalized spacial score (nSPS) is 10.4. The van der Waals surface area contributed by atoms with Gasteiger partial charge < -0.3 is 4.74 Å². The topological polar surface area (TPSA) is 26.5 Å². The quantitative estimate of drug-likeness (QED) is 0.551. The molecule has 0 saturated carbocycles. The summed E-state index contributed by atoms with van der Waals surface area (Å²) in [6.45, 7) is 0. The summed E-state index contributed by atoms with van der Waals surface area (Å²) >= 11 is 0. The fourth-order valence-corrected chi connectivity index (χ4v) is 1.18. The maximum atomic E-state index is 5.62. The zero-order valence-electron chi connectivity index (χ0n) is 6.69. The highest BCUT2D eigenvalue weighted by Crippen LogP contribution is 2.15. The lowest BCUT2D eigenvalue weighted by atomic mass is 9.98. The van der Waals surface area contributed by atoms with Crippen LogP contribution in [-0.2, 0) is 0 Å². The molecule has 0 aliphatic heterocycles. The molecule has 2 aromatic rings. The molecule has 0 saturated heterocycles. The Balaban J connectivity index is 2.80. The van der Waals surface area contributed by atoms with E-state index in [9.17, 15) is 0 Å². The predicted octanol–water partition coefficient (Wildman–Crippen LogP) is 0.137. The summed E-state index contributed by atoms with van der Waals surface area (Å²) in [5.41, 5.74) is 1.56. The predicted molar refractivity (Wildman–Crippen MR) is 47.1 cm³/mol. The number of hydrogen-bond acceptors (Lipinski definition) is 2. The SMILES string of the molecule is [B]c1cc(OC)c2ccnn2c1. The van der Waals surface area contributed by atoms with Crippen molar-refractivity contribution >= 4 is 18.8 Å². The first kappa shape index (κ1) is 7.22. The molecule has 0 amide bonds. The van der Waals surface area contributed by atoms with Gasteiger partial charge in [-0.15, -0.1) is 0 Å². The van der Waals surface area contributed by atoms with Gasteiger partial charge in [0, 0.05) is 6.20 Å². The van der Waals surface area contributed by atoms with Crippen LogP contribution in [0.4, 0.5) is 0 Å². The van der Waals surface area contributed by atoms with E-state index in [0.717, 1.165) is 11.3 Å². The Bertz CT molecular complexity index is 410. The molecule has 0 aliphatic rings. The van der Waals surface area contributed by atoms with Crippen LogP contribution in [0.5, 0.6) is 5.75 Å². The van der Waals surface area contributed by atoms with E-state index in [1.165, 1.54) is 0 Å². The van der Waals surface area contributed by atoms with Crippen LogP contribution in [0, 0.1) is 0 Å². The van der Waals surface area contributed by atoms with Gasteiger partial charge in [-0.1, -0.05) is 5.46 Å². The lowest BCUT2D eigenvalue weighted by molar-refractivity contribution is 0.418. The summed E-state index contributed by atoms with van der Waals surface area (Å²) in [6, 6.07) is 3.65. The van der Waals surface area contributed by atoms with Crippen LogP contribution in [0.15, 0.2) is 24.5 Å². The number of methoxy groups -OCH3 is 1. The molecule has 58 valence electrons. The van der Waals surface area contributed by atoms with E-state index in [4.69, 9.17) is 12.6 Å². The van der Waals surface area contributed by atoms with Gasteiger partial charge in [-0.25, -0.2) is 4.52 Å². The molecule has 0 aromatic carbocycles. The van der Waals surface area contributed by atoms with Crippen molar-refractivity contribution in [1.82, 2.24) is 9.61 Å². The van der Waals surface area contributed by atoms with E-state index in [-0.39, 0.29) is 0 Å². The average Bonchev–Trinajstić information content (AvgIpc) is 2.50. The third kappa shape index (κ3) is 0.960. The molecule has 0 atom stereocenters. The molecule has 0 unspecified atom stereocenters. The zero-order chi connectivity index (χ0) is 8.55. The van der Waals surface area contributed by atoms with Crippen LogP contribution in [0.25, 0.3) is 5.52 Å². The number of rotatable bonds is 1. The van der Waals surface area contributed by atoms with Crippen molar-refractivity contribution < 1.29 is 4.74 Å². The molecule has 0 N–H and O–H groups in total. The maximum absolute atomic E-state index is 5.62. The van der Waals surface area contributed by atoms with Gasteiger partial charge in [0.1, 0.15) is 19.1 Å². The smallest absolute Gasteiger partial charge is 0.144 e. The Labute approximate surface area is 71.4 Å². The van der Waals surface area contributed by atoms with E-state index in [2.05, 4.69) is 5.10 Å². The van der Waals surface area contributed by atoms with Crippen LogP contribution in [0.1, 0.15) is 0 Å². The standard InChI is InChI=1S/C8H7BN2O/c1-12-8-4-6(9)5-11-7(8)2-3-10-11/h2-5H,1H3. The van der Waals surface area contributed by atoms with E-state index < -0.39 is 0 Å². The minimum Gasteiger partial charge on any atom is -0.495 e. The van der Waals surface area contributed by atoms with Crippen molar-refractivity contribution in [2.24, 2.45) is 0 Å². The molecular formula is C8H7BN2O. The van der Waals surface area contributed by atoms with Gasteiger partial charge in [-0.3, -0.25) is 0 Å². The summed E-state index contributed by atoms with van der Waals surface area (Å²) < 4.78 is 6.81. The molecule has 2 heterocycles. The highest BCUT2D eigenvalue weighted by molar-refractivity contribution is 6.32. The third-order valence-electron chi connectivity index (χ3n) is 1.71. The second-order valence-corrected chi connectivity index (χ2v) is 2.50. The Morgan fingerprint density at radius 2 is 2.42 bits per heavy atom. The Kier molecular flexibility index (Phi) is 1.53. The number of pyridine rings is 1. The van der Waals surface area contributed by atoms with Crippen molar-refractivity contribution in [3.8, 4) is 5.75 Å². The molecule has 12 heavy (non-hydrogen) atoms. The molecular weight excluding hydrogens is 151 g/mol. The number of ether oxygens (including phenoxy) is 1. The molecule has 0 bridgehead atoms. The van der Waals surface area contributed by atoms with Crippen LogP contribution in [0.3, 0.4) is 0 Å². The number of nitrogens with zero attached hydrogens (tertiary/aromatic N) is 2. The van der Waals surface area contributed by atoms with Crippen LogP contribution >= 0.6 is 0 Å². The average molecular weight is 158 g/mol. The Morgan fingerprint density at radius 1 is 1.58 bits per heavy atom. The summed E-state index contributed by atoms with van der Waals surface area (Å²) in [6.07, 6.45) is 3.45. The molecule has 3 nitrogen and oxygen atoms in total. The molecule has 4 heteroatoms. The fourth-order valence-electron chi connectivity index (χ4n) is 1.18. The minimum atomic E-state index is 0.642. The van der Waals surface area contributed by atoms with Gasteiger partial charge in [0.05, 0.1) is 13.3 Å². The molecule has 0 spiro atoms. The lowest BCUT2D eigenvalue weighted by Crippen LogP contribution is -2.06. The lowest BCUT2D eigenvalue weighted by Gasteiger charge is -2.03. The van der Waals surface area contributed by atoms with Crippen molar-refractivity contribution in [1.29, 1.82) is 0 Å². The molecule has 0 aliphatic carbocycles. The summed E-state index contributed by atoms with van der Waals surface area (Å²) in [5, 5.41) is 4.04. The first-order valence-electron chi connectivity index (χ1n) is 3.58. The number of hydrogen-bond donors (Lipinski definition) is 0. The Hall–Kier alpha value is -1.45. The third-order valence-corrected chi connectivity index (χ3v) is 1.71. The summed E-state index contributed by atoms with van der Waals surface area (Å²) in [4.78, 5) is 0. The summed E-state index contributed by atoms with van der Waals surface area (Å²) in [7, 11) is 7.23. The van der Waals surface area contributed by atoms with Crippen LogP contribution < -0.4 is 10.2 Å². The van der Waals surface area contributed by atoms with Crippen LogP contribution in [0.2, 0.25) is 0 Å². The van der Waals surface area contributed by atoms with Gasteiger partial charge in [-0.05, 0) is 12.1 Å². The van der Waals surface area contributed by atoms with Gasteiger partial charge >= 0.3 is 0 Å². The van der Waals surface area contributed by atoms with Crippen molar-refractivity contribution in [2.45, 2.75) is 0 Å². The van der Waals surface area contributed by atoms with Crippen molar-refractivity contribution in [2.75, 3.05) is 7.11 Å². The largest absolute Gasteiger partial charge is 0.495 e. The molecule has 2 aromatic heterocycles. The van der Waals surface area contributed by atoms with E-state index in [0.29, 0.717) is 5.46 Å². The fraction of sp³-hybridized carbons (Fsp3) is 0.125. The maximum Gasteiger partial charge on any atom is 0.144 e. The second kappa shape index (κ2) is 2.55. The molecule has 2 rings (SSSR count). The van der Waals surface area contributed by atoms with Gasteiger partial charge in [0.2, 0.25) is 0 Å². The highest BCUT2D eigenvalue weighted by atomic mass is 16.5. The van der Waals surface area contributed by atoms with Crippen molar-refractivity contribution in [3.05, 3.63) is 24.5 Å². The monoisotopic (exact) mass is 158 g/mol. The van der Waals surface area contributed by atoms with E-state index in [1.807, 2.05) is 6.07 Å². The Morgan fingerprint density at radius 3 is 3.17 bits per heavy atom. The second-order valence-electron chi connectivity index (χ2n) is 2.50. The van der Waals surface area contributed by atoms with E-state index >= 15 is 0 Å². The van der Waals surface area contributed by atoms with Crippen molar-refractivity contribution in [3.63, 3.8) is 0 Å². The molecule has 2 radical (unpaired) electrons. The first-order valence-corrected chi connectivity index (χ1v) is 3.58. The minimum absolute atomic E-state index is 0.642. The van der Waals surface area contributed by atoms with Crippen LogP contribution in [-0.4, -0.2) is 24.6 Å². The zero-order valence-corrected chi connectivity index (χ0v) is 6.69. The first-order chi connectivity index (χ1) is 5.81. The highest BCUT2D eigenvalue weighted by Gasteiger charge is 2.01. The van der Waals surface area contributed by atoms with Gasteiger partial charge in [0.25, 0.3) is 0 Å².